The zero-order chi connectivity index (χ0) is 16.4. The normalized spacial score (nSPS) is 16.6. The lowest BCUT2D eigenvalue weighted by Crippen LogP contribution is -2.40. The lowest BCUT2D eigenvalue weighted by atomic mass is 9.97. The maximum atomic E-state index is 12.5. The molecule has 0 saturated carbocycles. The minimum Gasteiger partial charge on any atom is -0.417 e. The summed E-state index contributed by atoms with van der Waals surface area (Å²) in [4.78, 5) is 13.7. The van der Waals surface area contributed by atoms with Crippen molar-refractivity contribution >= 4 is 22.4 Å². The number of nitrogens with zero attached hydrogens (tertiary/aromatic N) is 3. The molecule has 3 rings (SSSR count). The summed E-state index contributed by atoms with van der Waals surface area (Å²) in [6, 6.07) is 3.42. The Hall–Kier alpha value is -2.10. The molecule has 124 valence electrons. The fourth-order valence-corrected chi connectivity index (χ4v) is 2.98. The Bertz CT molecular complexity index is 663. The molecule has 0 aromatic carbocycles. The van der Waals surface area contributed by atoms with Crippen molar-refractivity contribution in [3.05, 3.63) is 29.3 Å². The molecule has 0 unspecified atom stereocenters. The van der Waals surface area contributed by atoms with E-state index in [4.69, 9.17) is 4.42 Å². The van der Waals surface area contributed by atoms with E-state index in [2.05, 4.69) is 15.5 Å². The molecule has 1 aliphatic rings. The number of urea groups is 1. The van der Waals surface area contributed by atoms with Crippen LogP contribution in [0.5, 0.6) is 0 Å². The number of likely N-dealkylation sites (tertiary alicyclic amines) is 1. The van der Waals surface area contributed by atoms with Crippen LogP contribution in [0.25, 0.3) is 0 Å². The molecule has 0 atom stereocenters. The zero-order valence-electron chi connectivity index (χ0n) is 11.8. The van der Waals surface area contributed by atoms with E-state index in [9.17, 15) is 18.0 Å². The minimum absolute atomic E-state index is 0.0179. The highest BCUT2D eigenvalue weighted by Gasteiger charge is 2.39. The summed E-state index contributed by atoms with van der Waals surface area (Å²) in [6.07, 6.45) is -3.67. The second-order valence-corrected chi connectivity index (χ2v) is 6.06. The highest BCUT2D eigenvalue weighted by molar-refractivity contribution is 7.14. The number of alkyl halides is 3. The first-order valence-corrected chi connectivity index (χ1v) is 7.81. The number of hydrogen-bond donors (Lipinski definition) is 1. The van der Waals surface area contributed by atoms with E-state index in [0.29, 0.717) is 25.9 Å². The monoisotopic (exact) mass is 346 g/mol. The number of anilines is 1. The number of aromatic nitrogens is 2. The van der Waals surface area contributed by atoms with Crippen molar-refractivity contribution in [2.45, 2.75) is 24.9 Å². The van der Waals surface area contributed by atoms with Crippen LogP contribution in [0.3, 0.4) is 0 Å². The average Bonchev–Trinajstić information content (AvgIpc) is 3.18. The van der Waals surface area contributed by atoms with Gasteiger partial charge in [-0.3, -0.25) is 5.32 Å². The molecule has 10 heteroatoms. The molecular formula is C13H13F3N4O2S. The van der Waals surface area contributed by atoms with E-state index in [1.54, 1.807) is 11.0 Å². The summed E-state index contributed by atoms with van der Waals surface area (Å²) >= 11 is 1.42. The van der Waals surface area contributed by atoms with Crippen LogP contribution in [-0.4, -0.2) is 34.2 Å². The van der Waals surface area contributed by atoms with E-state index in [1.165, 1.54) is 11.3 Å². The highest BCUT2D eigenvalue weighted by Crippen LogP contribution is 2.32. The number of nitrogens with one attached hydrogen (secondary N) is 1. The third-order valence-corrected chi connectivity index (χ3v) is 4.35. The van der Waals surface area contributed by atoms with Crippen LogP contribution in [0, 0.1) is 0 Å². The van der Waals surface area contributed by atoms with Gasteiger partial charge in [0.2, 0.25) is 5.89 Å². The van der Waals surface area contributed by atoms with E-state index < -0.39 is 12.1 Å². The number of rotatable bonds is 2. The molecule has 0 bridgehead atoms. The average molecular weight is 346 g/mol. The number of thiophene rings is 1. The first-order valence-electron chi connectivity index (χ1n) is 6.93. The van der Waals surface area contributed by atoms with Gasteiger partial charge in [0, 0.05) is 19.0 Å². The van der Waals surface area contributed by atoms with Gasteiger partial charge in [0.25, 0.3) is 0 Å². The third kappa shape index (κ3) is 3.63. The lowest BCUT2D eigenvalue weighted by molar-refractivity contribution is -0.157. The number of piperidine rings is 1. The first-order chi connectivity index (χ1) is 10.9. The van der Waals surface area contributed by atoms with Crippen LogP contribution >= 0.6 is 11.3 Å². The van der Waals surface area contributed by atoms with Gasteiger partial charge >= 0.3 is 18.1 Å². The highest BCUT2D eigenvalue weighted by atomic mass is 32.1. The van der Waals surface area contributed by atoms with E-state index in [-0.39, 0.29) is 17.8 Å². The number of halogens is 3. The van der Waals surface area contributed by atoms with Crippen molar-refractivity contribution < 1.29 is 22.4 Å². The molecule has 0 aliphatic carbocycles. The van der Waals surface area contributed by atoms with Gasteiger partial charge in [-0.25, -0.2) is 4.79 Å². The fourth-order valence-electron chi connectivity index (χ4n) is 2.38. The van der Waals surface area contributed by atoms with Gasteiger partial charge in [0.1, 0.15) is 0 Å². The van der Waals surface area contributed by atoms with Crippen LogP contribution in [0.2, 0.25) is 0 Å². The number of hydrogen-bond acceptors (Lipinski definition) is 5. The van der Waals surface area contributed by atoms with Crippen LogP contribution in [-0.2, 0) is 6.18 Å². The molecular weight excluding hydrogens is 333 g/mol. The molecule has 6 nitrogen and oxygen atoms in total. The van der Waals surface area contributed by atoms with Gasteiger partial charge in [-0.15, -0.1) is 21.5 Å². The Morgan fingerprint density at radius 2 is 2.09 bits per heavy atom. The Morgan fingerprint density at radius 3 is 2.65 bits per heavy atom. The molecule has 1 saturated heterocycles. The van der Waals surface area contributed by atoms with Gasteiger partial charge < -0.3 is 9.32 Å². The van der Waals surface area contributed by atoms with Gasteiger partial charge in [0.05, 0.1) is 5.00 Å². The molecule has 1 N–H and O–H groups in total. The van der Waals surface area contributed by atoms with E-state index in [0.717, 1.165) is 5.00 Å². The summed E-state index contributed by atoms with van der Waals surface area (Å²) < 4.78 is 42.1. The molecule has 0 spiro atoms. The topological polar surface area (TPSA) is 71.3 Å². The lowest BCUT2D eigenvalue weighted by Gasteiger charge is -2.30. The standard InChI is InChI=1S/C13H13F3N4O2S/c14-13(15,16)11-19-18-10(22-11)8-3-5-20(6-4-8)12(21)17-9-2-1-7-23-9/h1-2,7-8H,3-6H2,(H,17,21). The van der Waals surface area contributed by atoms with Crippen LogP contribution in [0.1, 0.15) is 30.5 Å². The number of carbonyl (C=O) groups excluding carboxylic acids is 1. The molecule has 0 radical (unpaired) electrons. The predicted molar refractivity (Wildman–Crippen MR) is 76.2 cm³/mol. The Balaban J connectivity index is 1.56. The summed E-state index contributed by atoms with van der Waals surface area (Å²) in [5, 5.41) is 11.9. The smallest absolute Gasteiger partial charge is 0.417 e. The maximum absolute atomic E-state index is 12.5. The van der Waals surface area contributed by atoms with Crippen molar-refractivity contribution in [2.75, 3.05) is 18.4 Å². The minimum atomic E-state index is -4.63. The van der Waals surface area contributed by atoms with Crippen molar-refractivity contribution in [2.24, 2.45) is 0 Å². The molecule has 2 aromatic heterocycles. The molecule has 3 heterocycles. The summed E-state index contributed by atoms with van der Waals surface area (Å²) in [5.74, 6) is -1.61. The van der Waals surface area contributed by atoms with Crippen LogP contribution in [0.4, 0.5) is 23.0 Å². The molecule has 1 aliphatic heterocycles. The fraction of sp³-hybridized carbons (Fsp3) is 0.462. The van der Waals surface area contributed by atoms with Gasteiger partial charge in [-0.05, 0) is 30.4 Å². The van der Waals surface area contributed by atoms with Crippen molar-refractivity contribution in [1.82, 2.24) is 15.1 Å². The van der Waals surface area contributed by atoms with Crippen molar-refractivity contribution in [3.63, 3.8) is 0 Å². The van der Waals surface area contributed by atoms with Gasteiger partial charge in [-0.2, -0.15) is 13.2 Å². The van der Waals surface area contributed by atoms with E-state index >= 15 is 0 Å². The Labute approximate surface area is 133 Å². The number of amides is 2. The van der Waals surface area contributed by atoms with Crippen LogP contribution in [0.15, 0.2) is 21.9 Å². The molecule has 2 amide bonds. The summed E-state index contributed by atoms with van der Waals surface area (Å²) in [5.41, 5.74) is 0. The SMILES string of the molecule is O=C(Nc1cccs1)N1CCC(c2nnc(C(F)(F)F)o2)CC1. The molecule has 1 fully saturated rings. The Kier molecular flexibility index (Phi) is 4.24. The second kappa shape index (κ2) is 6.19. The van der Waals surface area contributed by atoms with E-state index in [1.807, 2.05) is 11.4 Å². The predicted octanol–water partition coefficient (Wildman–Crippen LogP) is 3.56. The maximum Gasteiger partial charge on any atom is 0.470 e. The van der Waals surface area contributed by atoms with Crippen molar-refractivity contribution in [1.29, 1.82) is 0 Å². The summed E-state index contributed by atoms with van der Waals surface area (Å²) in [7, 11) is 0. The third-order valence-electron chi connectivity index (χ3n) is 3.57. The molecule has 23 heavy (non-hydrogen) atoms. The van der Waals surface area contributed by atoms with Gasteiger partial charge in [0.15, 0.2) is 0 Å². The quantitative estimate of drug-likeness (QED) is 0.902. The van der Waals surface area contributed by atoms with Crippen LogP contribution < -0.4 is 5.32 Å². The van der Waals surface area contributed by atoms with Gasteiger partial charge in [-0.1, -0.05) is 0 Å². The largest absolute Gasteiger partial charge is 0.470 e. The zero-order valence-corrected chi connectivity index (χ0v) is 12.7. The summed E-state index contributed by atoms with van der Waals surface area (Å²) in [6.45, 7) is 0.844. The Morgan fingerprint density at radius 1 is 1.35 bits per heavy atom. The number of carbonyl (C=O) groups is 1. The molecule has 2 aromatic rings. The second-order valence-electron chi connectivity index (χ2n) is 5.11. The first kappa shape index (κ1) is 15.8. The van der Waals surface area contributed by atoms with Crippen molar-refractivity contribution in [3.8, 4) is 0 Å².